The Hall–Kier alpha value is -6.18. The Labute approximate surface area is 274 Å². The molecule has 0 aliphatic carbocycles. The van der Waals surface area contributed by atoms with Gasteiger partial charge in [0.15, 0.2) is 0 Å². The number of hydrogen-bond acceptors (Lipinski definition) is 1. The van der Waals surface area contributed by atoms with E-state index in [9.17, 15) is 0 Å². The largest absolute Gasteiger partial charge is 0.310 e. The fraction of sp³-hybridized carbons (Fsp3) is 0. The first-order chi connectivity index (χ1) is 23.3. The van der Waals surface area contributed by atoms with E-state index in [0.29, 0.717) is 0 Å². The summed E-state index contributed by atoms with van der Waals surface area (Å²) in [5.74, 6) is 0. The first-order valence-corrected chi connectivity index (χ1v) is 16.2. The van der Waals surface area contributed by atoms with E-state index in [4.69, 9.17) is 0 Å². The summed E-state index contributed by atoms with van der Waals surface area (Å²) in [6.07, 6.45) is 0. The van der Waals surface area contributed by atoms with Crippen molar-refractivity contribution in [1.29, 1.82) is 0 Å². The van der Waals surface area contributed by atoms with Crippen LogP contribution in [-0.4, -0.2) is 0 Å². The average molecular weight is 598 g/mol. The zero-order chi connectivity index (χ0) is 31.2. The van der Waals surface area contributed by atoms with E-state index in [1.807, 2.05) is 0 Å². The molecule has 9 aromatic rings. The van der Waals surface area contributed by atoms with Crippen LogP contribution in [-0.2, 0) is 0 Å². The molecule has 0 amide bonds. The second-order valence-corrected chi connectivity index (χ2v) is 12.1. The zero-order valence-corrected chi connectivity index (χ0v) is 25.8. The van der Waals surface area contributed by atoms with Gasteiger partial charge in [-0.1, -0.05) is 158 Å². The van der Waals surface area contributed by atoms with Gasteiger partial charge in [-0.05, 0) is 90.3 Å². The van der Waals surface area contributed by atoms with E-state index in [1.165, 1.54) is 65.3 Å². The summed E-state index contributed by atoms with van der Waals surface area (Å²) in [4.78, 5) is 2.43. The molecule has 0 aromatic heterocycles. The molecule has 0 unspecified atom stereocenters. The van der Waals surface area contributed by atoms with Crippen LogP contribution in [0, 0.1) is 0 Å². The van der Waals surface area contributed by atoms with Gasteiger partial charge in [0, 0.05) is 16.8 Å². The van der Waals surface area contributed by atoms with Crippen LogP contribution in [0.25, 0.3) is 65.3 Å². The summed E-state index contributed by atoms with van der Waals surface area (Å²) in [6, 6.07) is 68.3. The lowest BCUT2D eigenvalue weighted by atomic mass is 9.94. The van der Waals surface area contributed by atoms with Crippen molar-refractivity contribution in [2.75, 3.05) is 4.90 Å². The number of benzene rings is 9. The monoisotopic (exact) mass is 597 g/mol. The molecule has 0 saturated heterocycles. The SMILES string of the molecule is c1ccc(-c2cccc(N(c3ccc(-c4cccc5ccccc45)cc3)c3cc4c5ccccc5ccc4c4ccccc34)c2)cc1. The molecule has 1 heteroatoms. The minimum atomic E-state index is 1.11. The highest BCUT2D eigenvalue weighted by Gasteiger charge is 2.19. The van der Waals surface area contributed by atoms with Crippen molar-refractivity contribution < 1.29 is 0 Å². The molecule has 0 saturated carbocycles. The zero-order valence-electron chi connectivity index (χ0n) is 25.8. The fourth-order valence-electron chi connectivity index (χ4n) is 7.18. The number of nitrogens with zero attached hydrogens (tertiary/aromatic N) is 1. The van der Waals surface area contributed by atoms with Crippen molar-refractivity contribution in [1.82, 2.24) is 0 Å². The minimum Gasteiger partial charge on any atom is -0.310 e. The van der Waals surface area contributed by atoms with E-state index >= 15 is 0 Å². The Bertz CT molecular complexity index is 2560. The molecular formula is C46H31N. The van der Waals surface area contributed by atoms with Gasteiger partial charge in [0.2, 0.25) is 0 Å². The van der Waals surface area contributed by atoms with E-state index in [-0.39, 0.29) is 0 Å². The highest BCUT2D eigenvalue weighted by Crippen LogP contribution is 2.44. The third-order valence-corrected chi connectivity index (χ3v) is 9.42. The van der Waals surface area contributed by atoms with E-state index in [1.54, 1.807) is 0 Å². The Kier molecular flexibility index (Phi) is 6.54. The number of hydrogen-bond donors (Lipinski definition) is 0. The van der Waals surface area contributed by atoms with Gasteiger partial charge in [-0.3, -0.25) is 0 Å². The Morgan fingerprint density at radius 1 is 0.277 bits per heavy atom. The summed E-state index contributed by atoms with van der Waals surface area (Å²) in [7, 11) is 0. The standard InChI is InChI=1S/C46H31N/c1-2-12-32(13-3-1)36-17-10-18-38(30-36)47(37-27-24-35(25-28-37)40-23-11-16-33-14-4-6-19-39(33)40)46-31-45-41-20-7-5-15-34(41)26-29-43(45)42-21-8-9-22-44(42)46/h1-31H. The van der Waals surface area contributed by atoms with E-state index in [2.05, 4.69) is 193 Å². The van der Waals surface area contributed by atoms with Crippen LogP contribution in [0.15, 0.2) is 188 Å². The lowest BCUT2D eigenvalue weighted by molar-refractivity contribution is 1.30. The van der Waals surface area contributed by atoms with Crippen molar-refractivity contribution in [3.05, 3.63) is 188 Å². The molecular weight excluding hydrogens is 567 g/mol. The van der Waals surface area contributed by atoms with Gasteiger partial charge >= 0.3 is 0 Å². The van der Waals surface area contributed by atoms with Gasteiger partial charge in [0.25, 0.3) is 0 Å². The third-order valence-electron chi connectivity index (χ3n) is 9.42. The summed E-state index contributed by atoms with van der Waals surface area (Å²) in [5, 5.41) is 10.0. The quantitative estimate of drug-likeness (QED) is 0.178. The molecule has 0 heterocycles. The molecule has 0 aliphatic rings. The normalized spacial score (nSPS) is 11.4. The van der Waals surface area contributed by atoms with Crippen molar-refractivity contribution in [3.8, 4) is 22.3 Å². The summed E-state index contributed by atoms with van der Waals surface area (Å²) < 4.78 is 0. The predicted molar refractivity (Wildman–Crippen MR) is 202 cm³/mol. The molecule has 1 nitrogen and oxygen atoms in total. The highest BCUT2D eigenvalue weighted by atomic mass is 15.1. The molecule has 0 fully saturated rings. The molecule has 0 bridgehead atoms. The molecule has 0 aliphatic heterocycles. The molecule has 220 valence electrons. The molecule has 47 heavy (non-hydrogen) atoms. The van der Waals surface area contributed by atoms with Gasteiger partial charge in [0.05, 0.1) is 5.69 Å². The first-order valence-electron chi connectivity index (χ1n) is 16.2. The summed E-state index contributed by atoms with van der Waals surface area (Å²) >= 11 is 0. The lowest BCUT2D eigenvalue weighted by Gasteiger charge is -2.28. The number of fused-ring (bicyclic) bond motifs is 6. The molecule has 0 N–H and O–H groups in total. The van der Waals surface area contributed by atoms with Gasteiger partial charge in [-0.15, -0.1) is 0 Å². The number of anilines is 3. The fourth-order valence-corrected chi connectivity index (χ4v) is 7.18. The van der Waals surface area contributed by atoms with Crippen LogP contribution in [0.3, 0.4) is 0 Å². The third kappa shape index (κ3) is 4.72. The molecule has 9 rings (SSSR count). The van der Waals surface area contributed by atoms with Crippen molar-refractivity contribution in [2.45, 2.75) is 0 Å². The summed E-state index contributed by atoms with van der Waals surface area (Å²) in [5.41, 5.74) is 8.24. The predicted octanol–water partition coefficient (Wildman–Crippen LogP) is 13.1. The van der Waals surface area contributed by atoms with Crippen LogP contribution < -0.4 is 4.90 Å². The molecule has 0 spiro atoms. The van der Waals surface area contributed by atoms with Crippen LogP contribution in [0.1, 0.15) is 0 Å². The van der Waals surface area contributed by atoms with Crippen molar-refractivity contribution in [3.63, 3.8) is 0 Å². The maximum atomic E-state index is 2.43. The van der Waals surface area contributed by atoms with Crippen molar-refractivity contribution in [2.24, 2.45) is 0 Å². The van der Waals surface area contributed by atoms with Gasteiger partial charge < -0.3 is 4.90 Å². The highest BCUT2D eigenvalue weighted by molar-refractivity contribution is 6.21. The van der Waals surface area contributed by atoms with E-state index in [0.717, 1.165) is 17.1 Å². The van der Waals surface area contributed by atoms with Crippen LogP contribution in [0.4, 0.5) is 17.1 Å². The average Bonchev–Trinajstić information content (AvgIpc) is 3.15. The van der Waals surface area contributed by atoms with Crippen LogP contribution in [0.5, 0.6) is 0 Å². The van der Waals surface area contributed by atoms with Gasteiger partial charge in [-0.2, -0.15) is 0 Å². The van der Waals surface area contributed by atoms with Gasteiger partial charge in [-0.25, -0.2) is 0 Å². The van der Waals surface area contributed by atoms with Gasteiger partial charge in [0.1, 0.15) is 0 Å². The van der Waals surface area contributed by atoms with Crippen molar-refractivity contribution >= 4 is 60.2 Å². The second kappa shape index (κ2) is 11.3. The van der Waals surface area contributed by atoms with Crippen LogP contribution >= 0.6 is 0 Å². The minimum absolute atomic E-state index is 1.11. The maximum Gasteiger partial charge on any atom is 0.0546 e. The number of rotatable bonds is 5. The van der Waals surface area contributed by atoms with Crippen LogP contribution in [0.2, 0.25) is 0 Å². The smallest absolute Gasteiger partial charge is 0.0546 e. The van der Waals surface area contributed by atoms with E-state index < -0.39 is 0 Å². The Morgan fingerprint density at radius 2 is 0.872 bits per heavy atom. The topological polar surface area (TPSA) is 3.24 Å². The molecule has 0 atom stereocenters. The maximum absolute atomic E-state index is 2.43. The summed E-state index contributed by atoms with van der Waals surface area (Å²) in [6.45, 7) is 0. The Morgan fingerprint density at radius 3 is 1.68 bits per heavy atom. The lowest BCUT2D eigenvalue weighted by Crippen LogP contribution is -2.11. The molecule has 9 aromatic carbocycles. The Balaban J connectivity index is 1.30. The molecule has 0 radical (unpaired) electrons. The first kappa shape index (κ1) is 27.2. The second-order valence-electron chi connectivity index (χ2n) is 12.1.